The van der Waals surface area contributed by atoms with Gasteiger partial charge in [-0.05, 0) is 162 Å². The first kappa shape index (κ1) is 91.7. The second-order valence-electron chi connectivity index (χ2n) is 33.5. The van der Waals surface area contributed by atoms with E-state index in [1.807, 2.05) is 92.7 Å². The van der Waals surface area contributed by atoms with Crippen LogP contribution in [0.25, 0.3) is 22.3 Å². The number of phenols is 3. The molecule has 20 N–H and O–H groups in total. The molecule has 7 aliphatic heterocycles. The molecule has 8 aromatic carbocycles. The number of ether oxygens (including phenoxy) is 6. The molecule has 0 aromatic heterocycles. The maximum absolute atomic E-state index is 16.5. The van der Waals surface area contributed by atoms with Gasteiger partial charge in [-0.15, -0.1) is 0 Å². The monoisotopic (exact) mass is 1780 g/mol. The number of amides is 8. The van der Waals surface area contributed by atoms with Crippen LogP contribution in [0.2, 0.25) is 10.0 Å². The predicted octanol–water partition coefficient (Wildman–Crippen LogP) is 6.88. The normalized spacial score (nSPS) is 26.6. The molecule has 672 valence electrons. The number of carbonyl (C=O) groups excluding carboxylic acids is 8. The molecular weight excluding hydrogens is 1680 g/mol. The summed E-state index contributed by atoms with van der Waals surface area (Å²) in [5.74, 6) is -14.2. The molecule has 35 heteroatoms. The zero-order valence-corrected chi connectivity index (χ0v) is 71.3. The fourth-order valence-corrected chi connectivity index (χ4v) is 17.5. The van der Waals surface area contributed by atoms with Gasteiger partial charge in [-0.25, -0.2) is 0 Å². The number of benzene rings is 8. The quantitative estimate of drug-likeness (QED) is 0.0369. The number of aromatic hydroxyl groups is 3. The topological polar surface area (TPSA) is 508 Å². The SMILES string of the molecule is CN[C@H](CC(C)C)C(=O)N[C@H]1C(=O)N[C@@H](CC(N)=O)C(=O)N[C@H]2C(=O)N[C@H]3C(=O)N[C@H](C(=O)N[C@H](C(=O)NCc4ccc(C5CCCCC5)cc4)c4cc(O)cc(O)c4-c4cc3ccc4O)[C@H](O)c3ccc(c(Cl)c3)Oc3cc2cc(c3O[C@@H]2O[C@H](CO)[C@@H](O)[C@H](O)[C@H]2O[C@H]2C[C@](C)(NCc3ccc(-c4ccccc4)cc3)[C@@H](O)[C@H](C)O2)Oc2ccc(cc2Cl)[C@H]1O. The molecule has 0 radical (unpaired) electrons. The van der Waals surface area contributed by atoms with Crippen molar-refractivity contribution in [3.8, 4) is 68.2 Å². The fraction of sp³-hybridized carbons (Fsp3) is 0.391. The smallest absolute Gasteiger partial charge is 0.248 e. The summed E-state index contributed by atoms with van der Waals surface area (Å²) in [6.45, 7) is 6.11. The molecule has 8 aromatic rings. The number of rotatable bonds is 20. The number of nitrogens with one attached hydrogen (secondary N) is 9. The number of likely N-dealkylation sites (N-methyl/N-ethyl adjacent to an activating group) is 1. The highest BCUT2D eigenvalue weighted by molar-refractivity contribution is 6.32. The molecule has 1 saturated carbocycles. The maximum atomic E-state index is 16.5. The van der Waals surface area contributed by atoms with E-state index in [-0.39, 0.29) is 76.2 Å². The van der Waals surface area contributed by atoms with Crippen molar-refractivity contribution in [2.45, 2.75) is 207 Å². The molecular formula is C92H102Cl2N10O23. The number of hydrogen-bond donors (Lipinski definition) is 19. The zero-order chi connectivity index (χ0) is 90.6. The molecule has 16 rings (SSSR count). The van der Waals surface area contributed by atoms with Gasteiger partial charge in [0.1, 0.15) is 95.5 Å². The van der Waals surface area contributed by atoms with Gasteiger partial charge < -0.3 is 128 Å². The Bertz CT molecular complexity index is 5420. The van der Waals surface area contributed by atoms with Crippen molar-refractivity contribution >= 4 is 70.5 Å². The van der Waals surface area contributed by atoms with Gasteiger partial charge in [0.05, 0.1) is 41.3 Å². The van der Waals surface area contributed by atoms with E-state index in [9.17, 15) is 55.5 Å². The summed E-state index contributed by atoms with van der Waals surface area (Å²) in [5, 5.41) is 132. The van der Waals surface area contributed by atoms with Gasteiger partial charge in [0.2, 0.25) is 59.3 Å². The Hall–Kier alpha value is -11.5. The summed E-state index contributed by atoms with van der Waals surface area (Å²) in [7, 11) is 1.49. The third kappa shape index (κ3) is 20.5. The Morgan fingerprint density at radius 1 is 0.622 bits per heavy atom. The summed E-state index contributed by atoms with van der Waals surface area (Å²) in [6.07, 6.45) is -13.1. The van der Waals surface area contributed by atoms with Gasteiger partial charge in [0.15, 0.2) is 23.9 Å². The molecule has 8 amide bonds. The summed E-state index contributed by atoms with van der Waals surface area (Å²) in [5.41, 5.74) is 6.93. The van der Waals surface area contributed by atoms with Crippen LogP contribution in [0.4, 0.5) is 0 Å². The lowest BCUT2D eigenvalue weighted by molar-refractivity contribution is -0.334. The molecule has 7 heterocycles. The van der Waals surface area contributed by atoms with Crippen molar-refractivity contribution in [1.82, 2.24) is 47.9 Å². The first-order valence-electron chi connectivity index (χ1n) is 41.9. The van der Waals surface area contributed by atoms with Crippen LogP contribution in [0.3, 0.4) is 0 Å². The number of nitrogens with two attached hydrogens (primary N) is 1. The number of halogens is 2. The van der Waals surface area contributed by atoms with Crippen LogP contribution in [0.5, 0.6) is 46.0 Å². The summed E-state index contributed by atoms with van der Waals surface area (Å²) in [6, 6.07) is 25.8. The molecule has 0 unspecified atom stereocenters. The van der Waals surface area contributed by atoms with E-state index in [1.165, 1.54) is 31.3 Å². The van der Waals surface area contributed by atoms with Crippen molar-refractivity contribution in [2.75, 3.05) is 13.7 Å². The standard InChI is InChI=1S/C92H102Cl2N10O23/c1-43(2)30-60(96-5)84(115)103-75-77(110)52-25-28-64(58(93)32-52)123-66-34-54-35-67(81(66)127-91-82(80(113)79(112)68(42-105)125-91)126-70-39-92(4,83(114)44(3)122-70)98-41-46-18-22-50(23-19-46)48-14-10-7-11-15-48)124-65-29-26-53(33-59(65)94)78(111)76-90(121)102-74(86(117)97-40-45-16-20-49(21-17-45)47-12-8-6-9-13-47)57-36-55(106)37-63(108)71(57)56-31-51(24-27-62(56)107)72(87(118)104-76)101-88(119)73(54)100-85(116)61(38-69(95)109)99-89(75)120/h7,10-11,14-29,31-37,43-44,47,60-61,68,70,72-80,82-83,91,96,98,105-108,110-114H,6,8-9,12-13,30,38-42H2,1-5H3,(H2,95,109)(H,97,117)(H,99,120)(H,100,116)(H,101,119)(H,102,121)(H,103,115)(H,104,118)/t44-,60+,61-,68+,70-,72+,73+,74-,75+,76-,77+,78+,79+,80-,82+,83-,91-,92-/m0/s1. The van der Waals surface area contributed by atoms with Crippen LogP contribution in [0.1, 0.15) is 160 Å². The summed E-state index contributed by atoms with van der Waals surface area (Å²) >= 11 is 14.5. The maximum Gasteiger partial charge on any atom is 0.248 e. The predicted molar refractivity (Wildman–Crippen MR) is 460 cm³/mol. The second-order valence-corrected chi connectivity index (χ2v) is 34.3. The largest absolute Gasteiger partial charge is 0.508 e. The number of primary amides is 1. The molecule has 2 saturated heterocycles. The van der Waals surface area contributed by atoms with E-state index in [0.29, 0.717) is 11.5 Å². The third-order valence-electron chi connectivity index (χ3n) is 24.0. The lowest BCUT2D eigenvalue weighted by Gasteiger charge is -2.48. The molecule has 0 spiro atoms. The first-order chi connectivity index (χ1) is 60.7. The van der Waals surface area contributed by atoms with Crippen molar-refractivity contribution in [1.29, 1.82) is 0 Å². The Kier molecular flexibility index (Phi) is 28.4. The molecule has 33 nitrogen and oxygen atoms in total. The molecule has 127 heavy (non-hydrogen) atoms. The van der Waals surface area contributed by atoms with E-state index in [1.54, 1.807) is 13.8 Å². The van der Waals surface area contributed by atoms with Crippen LogP contribution >= 0.6 is 23.2 Å². The van der Waals surface area contributed by atoms with Crippen LogP contribution in [0.15, 0.2) is 158 Å². The summed E-state index contributed by atoms with van der Waals surface area (Å²) in [4.78, 5) is 122. The minimum absolute atomic E-state index is 0.103. The van der Waals surface area contributed by atoms with Crippen molar-refractivity contribution in [3.05, 3.63) is 212 Å². The third-order valence-corrected chi connectivity index (χ3v) is 24.6. The van der Waals surface area contributed by atoms with Crippen LogP contribution < -0.4 is 67.8 Å². The molecule has 8 aliphatic rings. The number of fused-ring (bicyclic) bond motifs is 15. The lowest BCUT2D eigenvalue weighted by atomic mass is 9.84. The van der Waals surface area contributed by atoms with E-state index in [4.69, 9.17) is 57.4 Å². The minimum Gasteiger partial charge on any atom is -0.508 e. The number of hydrogen-bond acceptors (Lipinski definition) is 25. The van der Waals surface area contributed by atoms with Gasteiger partial charge >= 0.3 is 0 Å². The molecule has 18 atom stereocenters. The number of aliphatic hydroxyl groups is 6. The van der Waals surface area contributed by atoms with E-state index in [0.717, 1.165) is 109 Å². The van der Waals surface area contributed by atoms with Crippen molar-refractivity contribution in [3.63, 3.8) is 0 Å². The summed E-state index contributed by atoms with van der Waals surface area (Å²) < 4.78 is 39.9. The van der Waals surface area contributed by atoms with E-state index in [2.05, 4.69) is 47.9 Å². The van der Waals surface area contributed by atoms with Crippen LogP contribution in [0, 0.1) is 5.92 Å². The highest BCUT2D eigenvalue weighted by Crippen LogP contribution is 2.50. The number of carbonyl (C=O) groups is 8. The highest BCUT2D eigenvalue weighted by Gasteiger charge is 2.52. The van der Waals surface area contributed by atoms with Gasteiger partial charge in [-0.3, -0.25) is 38.4 Å². The Labute approximate surface area is 740 Å². The van der Waals surface area contributed by atoms with E-state index >= 15 is 28.8 Å². The van der Waals surface area contributed by atoms with Crippen LogP contribution in [-0.4, -0.2) is 186 Å². The van der Waals surface area contributed by atoms with Crippen molar-refractivity contribution in [2.24, 2.45) is 11.7 Å². The van der Waals surface area contributed by atoms with E-state index < -0.39 is 220 Å². The lowest BCUT2D eigenvalue weighted by Crippen LogP contribution is -2.65. The zero-order valence-electron chi connectivity index (χ0n) is 69.8. The second kappa shape index (κ2) is 39.4. The Balaban J connectivity index is 0.919. The molecule has 3 fully saturated rings. The Morgan fingerprint density at radius 3 is 1.87 bits per heavy atom. The van der Waals surface area contributed by atoms with Gasteiger partial charge in [0, 0.05) is 42.2 Å². The minimum atomic E-state index is -2.35. The van der Waals surface area contributed by atoms with Gasteiger partial charge in [-0.1, -0.05) is 153 Å². The van der Waals surface area contributed by atoms with Gasteiger partial charge in [-0.2, -0.15) is 0 Å². The van der Waals surface area contributed by atoms with Crippen LogP contribution in [-0.2, 0) is 65.7 Å². The van der Waals surface area contributed by atoms with Gasteiger partial charge in [0.25, 0.3) is 0 Å². The highest BCUT2D eigenvalue weighted by atomic mass is 35.5. The Morgan fingerprint density at radius 2 is 1.23 bits per heavy atom. The van der Waals surface area contributed by atoms with Crippen molar-refractivity contribution < 1.29 is 113 Å². The average molecular weight is 1790 g/mol. The molecule has 11 bridgehead atoms. The fourth-order valence-electron chi connectivity index (χ4n) is 17.0. The average Bonchev–Trinajstić information content (AvgIpc) is 0.766. The first-order valence-corrected chi connectivity index (χ1v) is 42.7. The number of phenolic OH excluding ortho intramolecular Hbond substituents is 3. The number of aliphatic hydroxyl groups excluding tert-OH is 6. The molecule has 1 aliphatic carbocycles.